The number of carbonyl (C=O) groups excluding carboxylic acids is 1. The van der Waals surface area contributed by atoms with Crippen molar-refractivity contribution in [3.05, 3.63) is 35.4 Å². The van der Waals surface area contributed by atoms with E-state index in [0.29, 0.717) is 19.0 Å². The van der Waals surface area contributed by atoms with Crippen LogP contribution in [0.25, 0.3) is 0 Å². The fourth-order valence-corrected chi connectivity index (χ4v) is 2.86. The zero-order valence-corrected chi connectivity index (χ0v) is 12.8. The summed E-state index contributed by atoms with van der Waals surface area (Å²) in [5, 5.41) is 0. The number of carbonyl (C=O) groups is 1. The van der Waals surface area contributed by atoms with Gasteiger partial charge in [-0.2, -0.15) is 0 Å². The van der Waals surface area contributed by atoms with Gasteiger partial charge in [-0.3, -0.25) is 4.79 Å². The Bertz CT molecular complexity index is 518. The summed E-state index contributed by atoms with van der Waals surface area (Å²) in [7, 11) is 1.90. The van der Waals surface area contributed by atoms with E-state index >= 15 is 0 Å². The summed E-state index contributed by atoms with van der Waals surface area (Å²) in [5.41, 5.74) is 7.46. The molecule has 0 bridgehead atoms. The molecule has 0 aliphatic heterocycles. The van der Waals surface area contributed by atoms with E-state index < -0.39 is 0 Å². The van der Waals surface area contributed by atoms with Crippen LogP contribution in [-0.2, 0) is 11.3 Å². The second kappa shape index (κ2) is 7.85. The average molecular weight is 284 g/mol. The van der Waals surface area contributed by atoms with Gasteiger partial charge in [0.2, 0.25) is 5.91 Å². The number of hydrogen-bond acceptors (Lipinski definition) is 2. The van der Waals surface area contributed by atoms with Gasteiger partial charge >= 0.3 is 0 Å². The first-order valence-electron chi connectivity index (χ1n) is 7.73. The third kappa shape index (κ3) is 4.61. The molecule has 3 heteroatoms. The van der Waals surface area contributed by atoms with Gasteiger partial charge in [0.15, 0.2) is 0 Å². The topological polar surface area (TPSA) is 46.3 Å². The summed E-state index contributed by atoms with van der Waals surface area (Å²) >= 11 is 0. The van der Waals surface area contributed by atoms with Crippen LogP contribution in [0, 0.1) is 17.8 Å². The Hall–Kier alpha value is -1.79. The lowest BCUT2D eigenvalue weighted by Crippen LogP contribution is -2.33. The summed E-state index contributed by atoms with van der Waals surface area (Å²) in [6, 6.07) is 8.03. The Morgan fingerprint density at radius 2 is 1.90 bits per heavy atom. The van der Waals surface area contributed by atoms with Crippen molar-refractivity contribution in [2.75, 3.05) is 13.6 Å². The predicted octanol–water partition coefficient (Wildman–Crippen LogP) is 2.54. The third-order valence-corrected chi connectivity index (χ3v) is 4.04. The molecule has 0 atom stereocenters. The Morgan fingerprint density at radius 1 is 1.24 bits per heavy atom. The summed E-state index contributed by atoms with van der Waals surface area (Å²) in [4.78, 5) is 14.3. The van der Waals surface area contributed by atoms with Gasteiger partial charge in [-0.15, -0.1) is 0 Å². The first kappa shape index (κ1) is 15.6. The first-order chi connectivity index (χ1) is 10.2. The van der Waals surface area contributed by atoms with Crippen molar-refractivity contribution in [3.8, 4) is 11.8 Å². The van der Waals surface area contributed by atoms with Gasteiger partial charge in [0.05, 0.1) is 6.54 Å². The van der Waals surface area contributed by atoms with Crippen molar-refractivity contribution in [2.24, 2.45) is 11.7 Å². The van der Waals surface area contributed by atoms with Gasteiger partial charge in [0.25, 0.3) is 0 Å². The van der Waals surface area contributed by atoms with Gasteiger partial charge in [-0.1, -0.05) is 43.2 Å². The maximum atomic E-state index is 12.4. The normalized spacial score (nSPS) is 15.1. The molecular weight excluding hydrogens is 260 g/mol. The summed E-state index contributed by atoms with van der Waals surface area (Å²) in [5.74, 6) is 6.37. The van der Waals surface area contributed by atoms with Gasteiger partial charge in [0, 0.05) is 25.1 Å². The molecule has 3 nitrogen and oxygen atoms in total. The minimum atomic E-state index is 0.235. The van der Waals surface area contributed by atoms with Crippen LogP contribution in [0.5, 0.6) is 0 Å². The number of amides is 1. The summed E-state index contributed by atoms with van der Waals surface area (Å²) in [6.45, 7) is 1.04. The van der Waals surface area contributed by atoms with Crippen molar-refractivity contribution in [3.63, 3.8) is 0 Å². The lowest BCUT2D eigenvalue weighted by atomic mass is 9.88. The zero-order valence-electron chi connectivity index (χ0n) is 12.8. The molecule has 2 rings (SSSR count). The van der Waals surface area contributed by atoms with Gasteiger partial charge in [-0.05, 0) is 30.5 Å². The van der Waals surface area contributed by atoms with Crippen molar-refractivity contribution in [1.82, 2.24) is 4.90 Å². The second-order valence-electron chi connectivity index (χ2n) is 5.73. The summed E-state index contributed by atoms with van der Waals surface area (Å²) < 4.78 is 0. The van der Waals surface area contributed by atoms with Crippen LogP contribution in [-0.4, -0.2) is 24.4 Å². The lowest BCUT2D eigenvalue weighted by Gasteiger charge is -2.26. The van der Waals surface area contributed by atoms with Crippen molar-refractivity contribution >= 4 is 5.91 Å². The van der Waals surface area contributed by atoms with Gasteiger partial charge in [-0.25, -0.2) is 0 Å². The average Bonchev–Trinajstić information content (AvgIpc) is 2.54. The van der Waals surface area contributed by atoms with E-state index in [4.69, 9.17) is 5.73 Å². The molecule has 1 aliphatic carbocycles. The van der Waals surface area contributed by atoms with E-state index in [1.165, 1.54) is 19.3 Å². The number of benzene rings is 1. The highest BCUT2D eigenvalue weighted by molar-refractivity contribution is 5.78. The first-order valence-corrected chi connectivity index (χ1v) is 7.73. The van der Waals surface area contributed by atoms with Crippen molar-refractivity contribution < 1.29 is 4.79 Å². The van der Waals surface area contributed by atoms with Crippen molar-refractivity contribution in [2.45, 2.75) is 38.6 Å². The van der Waals surface area contributed by atoms with E-state index in [1.807, 2.05) is 36.2 Å². The van der Waals surface area contributed by atoms with Crippen LogP contribution < -0.4 is 5.73 Å². The molecule has 21 heavy (non-hydrogen) atoms. The molecule has 2 N–H and O–H groups in total. The van der Waals surface area contributed by atoms with E-state index in [2.05, 4.69) is 11.8 Å². The highest BCUT2D eigenvalue weighted by Crippen LogP contribution is 2.25. The number of hydrogen-bond donors (Lipinski definition) is 1. The molecule has 0 aromatic heterocycles. The molecule has 1 fully saturated rings. The molecule has 1 aromatic carbocycles. The van der Waals surface area contributed by atoms with E-state index in [-0.39, 0.29) is 5.92 Å². The molecular formula is C18H24N2O. The molecule has 0 spiro atoms. The predicted molar refractivity (Wildman–Crippen MR) is 85.4 cm³/mol. The quantitative estimate of drug-likeness (QED) is 0.867. The molecule has 0 radical (unpaired) electrons. The standard InChI is InChI=1S/C18H24N2O/c1-20(18(21)17-7-3-2-4-8-17)14-16-11-9-15(10-12-16)6-5-13-19/h9-12,17H,2-4,7-8,13-14,19H2,1H3. The van der Waals surface area contributed by atoms with Crippen LogP contribution in [0.15, 0.2) is 24.3 Å². The van der Waals surface area contributed by atoms with E-state index in [9.17, 15) is 4.79 Å². The SMILES string of the molecule is CN(Cc1ccc(C#CCN)cc1)C(=O)C1CCCCC1. The minimum Gasteiger partial charge on any atom is -0.341 e. The summed E-state index contributed by atoms with van der Waals surface area (Å²) in [6.07, 6.45) is 5.77. The Kier molecular flexibility index (Phi) is 5.83. The second-order valence-corrected chi connectivity index (χ2v) is 5.73. The highest BCUT2D eigenvalue weighted by Gasteiger charge is 2.23. The number of nitrogens with two attached hydrogens (primary N) is 1. The molecule has 1 aliphatic rings. The van der Waals surface area contributed by atoms with Crippen LogP contribution in [0.4, 0.5) is 0 Å². The minimum absolute atomic E-state index is 0.235. The fourth-order valence-electron chi connectivity index (χ4n) is 2.86. The molecule has 1 aromatic rings. The molecule has 0 heterocycles. The number of nitrogens with zero attached hydrogens (tertiary/aromatic N) is 1. The fraction of sp³-hybridized carbons (Fsp3) is 0.500. The maximum absolute atomic E-state index is 12.4. The lowest BCUT2D eigenvalue weighted by molar-refractivity contribution is -0.135. The van der Waals surface area contributed by atoms with Crippen molar-refractivity contribution in [1.29, 1.82) is 0 Å². The van der Waals surface area contributed by atoms with Gasteiger partial charge in [0.1, 0.15) is 0 Å². The highest BCUT2D eigenvalue weighted by atomic mass is 16.2. The monoisotopic (exact) mass is 284 g/mol. The zero-order chi connectivity index (χ0) is 15.1. The molecule has 112 valence electrons. The van der Waals surface area contributed by atoms with Gasteiger partial charge < -0.3 is 10.6 Å². The van der Waals surface area contributed by atoms with Crippen LogP contribution in [0.3, 0.4) is 0 Å². The smallest absolute Gasteiger partial charge is 0.225 e. The Labute approximate surface area is 127 Å². The Balaban J connectivity index is 1.92. The van der Waals surface area contributed by atoms with E-state index in [1.54, 1.807) is 0 Å². The van der Waals surface area contributed by atoms with Crippen LogP contribution >= 0.6 is 0 Å². The molecule has 1 saturated carbocycles. The molecule has 0 saturated heterocycles. The molecule has 1 amide bonds. The largest absolute Gasteiger partial charge is 0.341 e. The number of rotatable bonds is 3. The third-order valence-electron chi connectivity index (χ3n) is 4.04. The van der Waals surface area contributed by atoms with Crippen LogP contribution in [0.2, 0.25) is 0 Å². The van der Waals surface area contributed by atoms with Crippen LogP contribution in [0.1, 0.15) is 43.2 Å². The maximum Gasteiger partial charge on any atom is 0.225 e. The van der Waals surface area contributed by atoms with E-state index in [0.717, 1.165) is 24.0 Å². The Morgan fingerprint density at radius 3 is 2.52 bits per heavy atom. The molecule has 0 unspecified atom stereocenters.